The molecular formula is C19H25N7O2S. The number of H-pyrrole nitrogens is 1. The molecule has 1 aliphatic heterocycles. The molecule has 2 atom stereocenters. The van der Waals surface area contributed by atoms with Gasteiger partial charge in [-0.3, -0.25) is 0 Å². The van der Waals surface area contributed by atoms with E-state index in [0.717, 1.165) is 36.3 Å². The average Bonchev–Trinajstić information content (AvgIpc) is 3.24. The summed E-state index contributed by atoms with van der Waals surface area (Å²) in [4.78, 5) is 18.9. The lowest BCUT2D eigenvalue weighted by atomic mass is 10.0. The lowest BCUT2D eigenvalue weighted by Crippen LogP contribution is -2.42. The summed E-state index contributed by atoms with van der Waals surface area (Å²) in [5.74, 6) is 0.626. The summed E-state index contributed by atoms with van der Waals surface area (Å²) in [5.41, 5.74) is 3.19. The molecule has 1 saturated heterocycles. The molecule has 0 bridgehead atoms. The van der Waals surface area contributed by atoms with E-state index in [-0.39, 0.29) is 0 Å². The second-order valence-electron chi connectivity index (χ2n) is 6.90. The summed E-state index contributed by atoms with van der Waals surface area (Å²) in [5, 5.41) is 3.41. The smallest absolute Gasteiger partial charge is 0.182 e. The van der Waals surface area contributed by atoms with Crippen molar-refractivity contribution in [3.63, 3.8) is 0 Å². The molecule has 0 radical (unpaired) electrons. The Hall–Kier alpha value is -2.56. The van der Waals surface area contributed by atoms with Crippen molar-refractivity contribution >= 4 is 39.3 Å². The Kier molecular flexibility index (Phi) is 6.02. The first-order chi connectivity index (χ1) is 14.2. The van der Waals surface area contributed by atoms with E-state index < -0.39 is 11.0 Å². The van der Waals surface area contributed by atoms with E-state index in [1.807, 2.05) is 18.2 Å². The number of methoxy groups -OCH3 is 1. The normalized spacial score (nSPS) is 18.1. The molecule has 2 aromatic heterocycles. The molecular weight excluding hydrogens is 390 g/mol. The van der Waals surface area contributed by atoms with Gasteiger partial charge in [0.25, 0.3) is 0 Å². The van der Waals surface area contributed by atoms with E-state index in [1.54, 1.807) is 20.5 Å². The summed E-state index contributed by atoms with van der Waals surface area (Å²) < 4.78 is 20.6. The lowest BCUT2D eigenvalue weighted by molar-refractivity contribution is 0.166. The summed E-state index contributed by atoms with van der Waals surface area (Å²) in [6, 6.07) is 6.13. The van der Waals surface area contributed by atoms with Gasteiger partial charge in [0.05, 0.1) is 35.2 Å². The molecule has 0 amide bonds. The van der Waals surface area contributed by atoms with Crippen LogP contribution in [0.3, 0.4) is 0 Å². The molecule has 3 heterocycles. The van der Waals surface area contributed by atoms with Gasteiger partial charge < -0.3 is 19.9 Å². The number of aromatic nitrogens is 4. The van der Waals surface area contributed by atoms with Crippen LogP contribution >= 0.6 is 0 Å². The van der Waals surface area contributed by atoms with Crippen molar-refractivity contribution in [2.75, 3.05) is 37.5 Å². The summed E-state index contributed by atoms with van der Waals surface area (Å²) in [6.07, 6.45) is 6.47. The van der Waals surface area contributed by atoms with Gasteiger partial charge in [0.1, 0.15) is 22.8 Å². The average molecular weight is 416 g/mol. The van der Waals surface area contributed by atoms with Crippen molar-refractivity contribution in [1.29, 1.82) is 0 Å². The molecule has 1 aliphatic rings. The number of hydrogen-bond donors (Lipinski definition) is 3. The monoisotopic (exact) mass is 415 g/mol. The topological polar surface area (TPSA) is 108 Å². The van der Waals surface area contributed by atoms with Gasteiger partial charge in [-0.25, -0.2) is 23.9 Å². The largest absolute Gasteiger partial charge is 0.383 e. The van der Waals surface area contributed by atoms with Crippen LogP contribution in [-0.4, -0.2) is 57.5 Å². The maximum atomic E-state index is 12.3. The van der Waals surface area contributed by atoms with Gasteiger partial charge in [-0.2, -0.15) is 0 Å². The zero-order chi connectivity index (χ0) is 20.2. The highest BCUT2D eigenvalue weighted by atomic mass is 32.2. The molecule has 29 heavy (non-hydrogen) atoms. The van der Waals surface area contributed by atoms with Crippen LogP contribution < -0.4 is 14.9 Å². The number of fused-ring (bicyclic) bond motifs is 1. The molecule has 1 fully saturated rings. The quantitative estimate of drug-likeness (QED) is 0.543. The first kappa shape index (κ1) is 19.7. The molecule has 10 heteroatoms. The standard InChI is InChI=1S/C19H25N7O2S/c1-20-29(27)14-6-7-16(26-8-4-3-5-13(26)10-28-2)15(9-14)25-19-17-18(22-11-21-17)23-12-24-19/h6-7,9,11-13,20H,3-5,8,10H2,1-2H3,(H2,21,22,23,24,25). The highest BCUT2D eigenvalue weighted by molar-refractivity contribution is 7.83. The predicted octanol–water partition coefficient (Wildman–Crippen LogP) is 2.34. The summed E-state index contributed by atoms with van der Waals surface area (Å²) >= 11 is 0. The molecule has 0 saturated carbocycles. The molecule has 2 unspecified atom stereocenters. The molecule has 3 aromatic rings. The number of anilines is 3. The fourth-order valence-electron chi connectivity index (χ4n) is 3.77. The van der Waals surface area contributed by atoms with Crippen LogP contribution in [0.1, 0.15) is 19.3 Å². The van der Waals surface area contributed by atoms with Crippen molar-refractivity contribution in [1.82, 2.24) is 24.7 Å². The maximum absolute atomic E-state index is 12.3. The fourth-order valence-corrected chi connectivity index (χ4v) is 4.42. The number of ether oxygens (including phenoxy) is 1. The molecule has 4 rings (SSSR count). The van der Waals surface area contributed by atoms with Gasteiger partial charge in [-0.1, -0.05) is 0 Å². The minimum absolute atomic E-state index is 0.299. The number of nitrogens with zero attached hydrogens (tertiary/aromatic N) is 4. The van der Waals surface area contributed by atoms with E-state index in [1.165, 1.54) is 12.7 Å². The van der Waals surface area contributed by atoms with E-state index in [2.05, 4.69) is 34.9 Å². The SMILES string of the molecule is CNS(=O)c1ccc(N2CCCCC2COC)c(Nc2ncnc3nc[nH]c23)c1. The van der Waals surface area contributed by atoms with Crippen LogP contribution in [0.4, 0.5) is 17.2 Å². The van der Waals surface area contributed by atoms with Crippen LogP contribution in [-0.2, 0) is 15.7 Å². The van der Waals surface area contributed by atoms with Crippen molar-refractivity contribution in [3.8, 4) is 0 Å². The van der Waals surface area contributed by atoms with E-state index in [4.69, 9.17) is 4.74 Å². The first-order valence-electron chi connectivity index (χ1n) is 9.61. The number of hydrogen-bond acceptors (Lipinski definition) is 7. The van der Waals surface area contributed by atoms with Crippen molar-refractivity contribution in [2.45, 2.75) is 30.2 Å². The van der Waals surface area contributed by atoms with Gasteiger partial charge >= 0.3 is 0 Å². The lowest BCUT2D eigenvalue weighted by Gasteiger charge is -2.38. The predicted molar refractivity (Wildman–Crippen MR) is 114 cm³/mol. The Balaban J connectivity index is 1.76. The molecule has 9 nitrogen and oxygen atoms in total. The molecule has 3 N–H and O–H groups in total. The van der Waals surface area contributed by atoms with Crippen LogP contribution in [0, 0.1) is 0 Å². The number of benzene rings is 1. The third-order valence-corrected chi connectivity index (χ3v) is 6.19. The Labute approximate surface area is 171 Å². The van der Waals surface area contributed by atoms with Crippen molar-refractivity contribution < 1.29 is 8.95 Å². The minimum Gasteiger partial charge on any atom is -0.383 e. The second-order valence-corrected chi connectivity index (χ2v) is 8.32. The second kappa shape index (κ2) is 8.85. The van der Waals surface area contributed by atoms with Gasteiger partial charge in [-0.15, -0.1) is 0 Å². The minimum atomic E-state index is -1.29. The van der Waals surface area contributed by atoms with E-state index in [0.29, 0.717) is 29.0 Å². The van der Waals surface area contributed by atoms with Gasteiger partial charge in [0.15, 0.2) is 11.5 Å². The van der Waals surface area contributed by atoms with Crippen LogP contribution in [0.15, 0.2) is 35.7 Å². The maximum Gasteiger partial charge on any atom is 0.182 e. The Morgan fingerprint density at radius 1 is 1.31 bits per heavy atom. The van der Waals surface area contributed by atoms with Gasteiger partial charge in [0.2, 0.25) is 0 Å². The Morgan fingerprint density at radius 3 is 3.03 bits per heavy atom. The number of nitrogens with one attached hydrogen (secondary N) is 3. The number of imidazole rings is 1. The van der Waals surface area contributed by atoms with E-state index >= 15 is 0 Å². The highest BCUT2D eigenvalue weighted by Crippen LogP contribution is 2.35. The Morgan fingerprint density at radius 2 is 2.21 bits per heavy atom. The van der Waals surface area contributed by atoms with Gasteiger partial charge in [-0.05, 0) is 44.5 Å². The van der Waals surface area contributed by atoms with Gasteiger partial charge in [0, 0.05) is 13.7 Å². The van der Waals surface area contributed by atoms with Crippen LogP contribution in [0.25, 0.3) is 11.2 Å². The van der Waals surface area contributed by atoms with E-state index in [9.17, 15) is 4.21 Å². The van der Waals surface area contributed by atoms with Crippen LogP contribution in [0.5, 0.6) is 0 Å². The third-order valence-electron chi connectivity index (χ3n) is 5.14. The number of aromatic amines is 1. The van der Waals surface area contributed by atoms with Crippen molar-refractivity contribution in [3.05, 3.63) is 30.9 Å². The first-order valence-corrected chi connectivity index (χ1v) is 10.8. The third kappa shape index (κ3) is 4.09. The Bertz CT molecular complexity index is 1010. The van der Waals surface area contributed by atoms with Crippen molar-refractivity contribution in [2.24, 2.45) is 0 Å². The highest BCUT2D eigenvalue weighted by Gasteiger charge is 2.25. The summed E-state index contributed by atoms with van der Waals surface area (Å²) in [6.45, 7) is 1.61. The molecule has 154 valence electrons. The molecule has 0 aliphatic carbocycles. The number of piperidine rings is 1. The van der Waals surface area contributed by atoms with Crippen LogP contribution in [0.2, 0.25) is 0 Å². The summed E-state index contributed by atoms with van der Waals surface area (Å²) in [7, 11) is 2.12. The number of rotatable bonds is 7. The zero-order valence-corrected chi connectivity index (χ0v) is 17.3. The fraction of sp³-hybridized carbons (Fsp3) is 0.421. The zero-order valence-electron chi connectivity index (χ0n) is 16.5. The molecule has 0 spiro atoms. The molecule has 1 aromatic carbocycles.